The van der Waals surface area contributed by atoms with Crippen molar-refractivity contribution in [3.05, 3.63) is 59.9 Å². The zero-order chi connectivity index (χ0) is 29.4. The lowest BCUT2D eigenvalue weighted by molar-refractivity contribution is -0.127. The molecule has 218 valence electrons. The highest BCUT2D eigenvalue weighted by Gasteiger charge is 2.38. The van der Waals surface area contributed by atoms with Gasteiger partial charge in [0.05, 0.1) is 23.1 Å². The first-order valence-electron chi connectivity index (χ1n) is 13.7. The molecule has 3 N–H and O–H groups in total. The van der Waals surface area contributed by atoms with Crippen LogP contribution in [0.1, 0.15) is 51.2 Å². The van der Waals surface area contributed by atoms with Gasteiger partial charge < -0.3 is 14.6 Å². The van der Waals surface area contributed by atoms with Gasteiger partial charge in [0.1, 0.15) is 28.6 Å². The summed E-state index contributed by atoms with van der Waals surface area (Å²) < 4.78 is 54.6. The average Bonchev–Trinajstić information content (AvgIpc) is 3.38. The highest BCUT2D eigenvalue weighted by Crippen LogP contribution is 2.45. The summed E-state index contributed by atoms with van der Waals surface area (Å²) in [4.78, 5) is 20.1. The Kier molecular flexibility index (Phi) is 8.10. The van der Waals surface area contributed by atoms with E-state index in [0.717, 1.165) is 30.7 Å². The van der Waals surface area contributed by atoms with Crippen LogP contribution in [0, 0.1) is 28.9 Å². The smallest absolute Gasteiger partial charge is 0.229 e. The molecular formula is C30H34F2N4O4S. The van der Waals surface area contributed by atoms with Gasteiger partial charge in [0.15, 0.2) is 0 Å². The number of benzene rings is 2. The number of anilines is 1. The summed E-state index contributed by atoms with van der Waals surface area (Å²) >= 11 is 0. The van der Waals surface area contributed by atoms with Crippen LogP contribution < -0.4 is 10.2 Å². The van der Waals surface area contributed by atoms with Crippen LogP contribution in [0.4, 0.5) is 14.5 Å². The molecule has 2 atom stereocenters. The molecule has 0 spiro atoms. The van der Waals surface area contributed by atoms with Gasteiger partial charge in [-0.25, -0.2) is 13.8 Å². The van der Waals surface area contributed by atoms with Crippen molar-refractivity contribution in [3.8, 4) is 28.8 Å². The minimum absolute atomic E-state index is 0.0000926. The Balaban J connectivity index is 1.53. The molecule has 1 aromatic heterocycles. The number of nitriles is 1. The summed E-state index contributed by atoms with van der Waals surface area (Å²) in [5.41, 5.74) is 1.10. The lowest BCUT2D eigenvalue weighted by atomic mass is 9.76. The molecule has 3 aromatic rings. The van der Waals surface area contributed by atoms with E-state index in [1.165, 1.54) is 6.07 Å². The number of halogens is 2. The predicted octanol–water partition coefficient (Wildman–Crippen LogP) is 6.55. The molecule has 8 nitrogen and oxygen atoms in total. The monoisotopic (exact) mass is 584 g/mol. The Morgan fingerprint density at radius 1 is 1.12 bits per heavy atom. The van der Waals surface area contributed by atoms with Gasteiger partial charge in [0.2, 0.25) is 11.8 Å². The normalized spacial score (nSPS) is 21.6. The molecule has 1 amide bonds. The van der Waals surface area contributed by atoms with Crippen LogP contribution in [-0.4, -0.2) is 50.1 Å². The van der Waals surface area contributed by atoms with Crippen LogP contribution in [0.5, 0.6) is 0 Å². The van der Waals surface area contributed by atoms with Crippen LogP contribution in [0.15, 0.2) is 46.9 Å². The molecule has 1 aliphatic heterocycles. The van der Waals surface area contributed by atoms with E-state index in [1.54, 1.807) is 13.8 Å². The third-order valence-electron chi connectivity index (χ3n) is 7.85. The number of carbonyl (C=O) groups is 1. The summed E-state index contributed by atoms with van der Waals surface area (Å²) in [5.74, 6) is -1.49. The van der Waals surface area contributed by atoms with Crippen molar-refractivity contribution in [2.45, 2.75) is 51.0 Å². The molecule has 2 aromatic carbocycles. The lowest BCUT2D eigenvalue weighted by Crippen LogP contribution is -2.46. The maximum Gasteiger partial charge on any atom is 0.229 e. The van der Waals surface area contributed by atoms with Gasteiger partial charge in [-0.3, -0.25) is 13.9 Å². The number of hydrogen-bond acceptors (Lipinski definition) is 7. The highest BCUT2D eigenvalue weighted by atomic mass is 32.3. The van der Waals surface area contributed by atoms with Gasteiger partial charge in [-0.1, -0.05) is 25.0 Å². The number of aromatic nitrogens is 1. The molecule has 1 aliphatic carbocycles. The molecule has 5 rings (SSSR count). The molecule has 2 aliphatic rings. The number of nitrogens with one attached hydrogen (secondary N) is 1. The molecule has 2 fully saturated rings. The third-order valence-corrected chi connectivity index (χ3v) is 9.52. The summed E-state index contributed by atoms with van der Waals surface area (Å²) in [6.45, 7) is 4.35. The Morgan fingerprint density at radius 3 is 2.46 bits per heavy atom. The molecule has 2 heterocycles. The number of oxazole rings is 1. The van der Waals surface area contributed by atoms with Crippen LogP contribution in [0.25, 0.3) is 22.7 Å². The average molecular weight is 585 g/mol. The summed E-state index contributed by atoms with van der Waals surface area (Å²) in [5, 5.41) is 12.3. The Morgan fingerprint density at radius 2 is 1.80 bits per heavy atom. The molecule has 0 radical (unpaired) electrons. The molecule has 1 saturated carbocycles. The van der Waals surface area contributed by atoms with Gasteiger partial charge in [0, 0.05) is 42.2 Å². The Bertz CT molecular complexity index is 1460. The second-order valence-electron chi connectivity index (χ2n) is 11.3. The van der Waals surface area contributed by atoms with Crippen LogP contribution in [-0.2, 0) is 4.79 Å². The minimum Gasteiger partial charge on any atom is -0.440 e. The van der Waals surface area contributed by atoms with Crippen molar-refractivity contribution in [2.24, 2.45) is 5.92 Å². The van der Waals surface area contributed by atoms with Crippen molar-refractivity contribution in [1.82, 2.24) is 10.3 Å². The second-order valence-corrected chi connectivity index (χ2v) is 13.7. The van der Waals surface area contributed by atoms with Crippen LogP contribution >= 0.6 is 10.6 Å². The summed E-state index contributed by atoms with van der Waals surface area (Å²) in [6.07, 6.45) is 2.96. The van der Waals surface area contributed by atoms with E-state index in [-0.39, 0.29) is 23.3 Å². The van der Waals surface area contributed by atoms with E-state index in [0.29, 0.717) is 54.5 Å². The molecule has 11 heteroatoms. The van der Waals surface area contributed by atoms with Gasteiger partial charge in [-0.15, -0.1) is 0 Å². The standard InChI is InChI=1S/C30H34F2N4O4S/c1-30(2,18-33)35-28(37)23-6-4-3-5-22(23)27-26(34-29(40-27)24-12-9-20(31)17-25(24)32)19-7-10-21(11-8-19)36-13-15-41(38,39)16-14-36/h7-12,17,22-23,38-39H,3-6,13-16H2,1-2H3,(H,35,37)/t22-,23-/m1/s1. The fourth-order valence-corrected chi connectivity index (χ4v) is 6.80. The van der Waals surface area contributed by atoms with Gasteiger partial charge in [-0.2, -0.15) is 15.9 Å². The minimum atomic E-state index is -2.52. The predicted molar refractivity (Wildman–Crippen MR) is 155 cm³/mol. The number of nitrogens with zero attached hydrogens (tertiary/aromatic N) is 3. The van der Waals surface area contributed by atoms with Crippen molar-refractivity contribution >= 4 is 22.2 Å². The Labute approximate surface area is 239 Å². The first-order chi connectivity index (χ1) is 19.5. The molecule has 0 bridgehead atoms. The molecule has 41 heavy (non-hydrogen) atoms. The summed E-state index contributed by atoms with van der Waals surface area (Å²) in [7, 11) is -2.52. The van der Waals surface area contributed by atoms with E-state index in [2.05, 4.69) is 21.3 Å². The topological polar surface area (TPSA) is 123 Å². The van der Waals surface area contributed by atoms with Crippen LogP contribution in [0.2, 0.25) is 0 Å². The number of hydrogen-bond donors (Lipinski definition) is 3. The molecule has 0 unspecified atom stereocenters. The Hall–Kier alpha value is -3.46. The fraction of sp³-hybridized carbons (Fsp3) is 0.433. The zero-order valence-electron chi connectivity index (χ0n) is 23.1. The van der Waals surface area contributed by atoms with E-state index in [9.17, 15) is 27.9 Å². The first-order valence-corrected chi connectivity index (χ1v) is 15.6. The van der Waals surface area contributed by atoms with E-state index in [4.69, 9.17) is 4.42 Å². The van der Waals surface area contributed by atoms with Gasteiger partial charge in [0.25, 0.3) is 0 Å². The largest absolute Gasteiger partial charge is 0.440 e. The lowest BCUT2D eigenvalue weighted by Gasteiger charge is -2.41. The summed E-state index contributed by atoms with van der Waals surface area (Å²) in [6, 6.07) is 12.9. The number of amides is 1. The fourth-order valence-electron chi connectivity index (χ4n) is 5.57. The third kappa shape index (κ3) is 6.40. The van der Waals surface area contributed by atoms with Crippen molar-refractivity contribution in [1.29, 1.82) is 5.26 Å². The van der Waals surface area contributed by atoms with Crippen molar-refractivity contribution in [2.75, 3.05) is 29.5 Å². The van der Waals surface area contributed by atoms with Gasteiger partial charge in [-0.05, 0) is 51.0 Å². The number of carbonyl (C=O) groups excluding carboxylic acids is 1. The van der Waals surface area contributed by atoms with E-state index < -0.39 is 33.7 Å². The quantitative estimate of drug-likeness (QED) is 0.300. The van der Waals surface area contributed by atoms with Gasteiger partial charge >= 0.3 is 0 Å². The number of rotatable bonds is 6. The van der Waals surface area contributed by atoms with Crippen molar-refractivity contribution < 1.29 is 27.1 Å². The zero-order valence-corrected chi connectivity index (χ0v) is 23.9. The SMILES string of the molecule is CC(C)(C#N)NC(=O)[C@@H]1CCCC[C@H]1c1oc(-c2ccc(F)cc2F)nc1-c1ccc(N2CCS(O)(O)CC2)cc1. The second kappa shape index (κ2) is 11.4. The maximum atomic E-state index is 14.8. The van der Waals surface area contributed by atoms with Crippen LogP contribution in [0.3, 0.4) is 0 Å². The first kappa shape index (κ1) is 29.0. The molecule has 1 saturated heterocycles. The van der Waals surface area contributed by atoms with E-state index in [1.807, 2.05) is 24.3 Å². The molecular weight excluding hydrogens is 550 g/mol. The highest BCUT2D eigenvalue weighted by molar-refractivity contribution is 8.24. The van der Waals surface area contributed by atoms with Crippen molar-refractivity contribution in [3.63, 3.8) is 0 Å². The maximum absolute atomic E-state index is 14.8. The van der Waals surface area contributed by atoms with E-state index >= 15 is 0 Å².